The maximum Gasteiger partial charge on any atom is 0.317 e. The van der Waals surface area contributed by atoms with Crippen molar-refractivity contribution in [3.05, 3.63) is 17.2 Å². The third kappa shape index (κ3) is 4.48. The van der Waals surface area contributed by atoms with Crippen molar-refractivity contribution in [3.63, 3.8) is 0 Å². The topological polar surface area (TPSA) is 61.0 Å². The molecule has 21 heavy (non-hydrogen) atoms. The molecule has 0 bridgehead atoms. The van der Waals surface area contributed by atoms with Crippen LogP contribution in [0.15, 0.2) is 0 Å². The van der Waals surface area contributed by atoms with E-state index >= 15 is 0 Å². The number of carbonyl (C=O) groups is 1. The van der Waals surface area contributed by atoms with E-state index in [2.05, 4.69) is 36.1 Å². The summed E-state index contributed by atoms with van der Waals surface area (Å²) in [5, 5.41) is 3.11. The Morgan fingerprint density at radius 1 is 1.38 bits per heavy atom. The molecule has 2 heterocycles. The third-order valence-electron chi connectivity index (χ3n) is 4.03. The van der Waals surface area contributed by atoms with Crippen LogP contribution in [-0.2, 0) is 13.0 Å². The van der Waals surface area contributed by atoms with Crippen molar-refractivity contribution in [1.29, 1.82) is 0 Å². The summed E-state index contributed by atoms with van der Waals surface area (Å²) in [7, 11) is 0. The highest BCUT2D eigenvalue weighted by Gasteiger charge is 2.23. The first kappa shape index (κ1) is 15.9. The molecule has 5 nitrogen and oxygen atoms in total. The van der Waals surface area contributed by atoms with Gasteiger partial charge in [0.25, 0.3) is 0 Å². The molecule has 2 rings (SSSR count). The molecule has 0 unspecified atom stereocenters. The van der Waals surface area contributed by atoms with Gasteiger partial charge in [-0.15, -0.1) is 0 Å². The van der Waals surface area contributed by atoms with E-state index < -0.39 is 0 Å². The lowest BCUT2D eigenvalue weighted by Gasteiger charge is -2.28. The number of aromatic amines is 1. The summed E-state index contributed by atoms with van der Waals surface area (Å²) >= 11 is 0. The number of fused-ring (bicyclic) bond motifs is 1. The molecule has 118 valence electrons. The Kier molecular flexibility index (Phi) is 5.26. The van der Waals surface area contributed by atoms with Crippen molar-refractivity contribution in [1.82, 2.24) is 20.2 Å². The maximum absolute atomic E-state index is 12.3. The number of rotatable bonds is 5. The first-order valence-corrected chi connectivity index (χ1v) is 8.05. The van der Waals surface area contributed by atoms with Crippen LogP contribution in [0.5, 0.6) is 0 Å². The minimum Gasteiger partial charge on any atom is -0.344 e. The number of aryl methyl sites for hydroxylation is 1. The maximum atomic E-state index is 12.3. The summed E-state index contributed by atoms with van der Waals surface area (Å²) in [6.07, 6.45) is 4.28. The number of hydrogen-bond acceptors (Lipinski definition) is 2. The van der Waals surface area contributed by atoms with Crippen molar-refractivity contribution < 1.29 is 4.79 Å². The number of hydrogen-bond donors (Lipinski definition) is 2. The number of nitrogens with one attached hydrogen (secondary N) is 2. The Morgan fingerprint density at radius 3 is 2.86 bits per heavy atom. The molecule has 1 aromatic rings. The van der Waals surface area contributed by atoms with Crippen LogP contribution in [-0.4, -0.2) is 33.5 Å². The fourth-order valence-corrected chi connectivity index (χ4v) is 2.82. The molecule has 1 aliphatic heterocycles. The second-order valence-electron chi connectivity index (χ2n) is 6.59. The molecule has 0 saturated carbocycles. The average Bonchev–Trinajstić information content (AvgIpc) is 2.76. The van der Waals surface area contributed by atoms with E-state index in [4.69, 9.17) is 0 Å². The van der Waals surface area contributed by atoms with Gasteiger partial charge in [0.15, 0.2) is 0 Å². The SMILES string of the molecule is Cc1nc2c([nH]1)CN(C(=O)N[C@@H](C)CCCC(C)C)CC2. The van der Waals surface area contributed by atoms with Crippen LogP contribution >= 0.6 is 0 Å². The van der Waals surface area contributed by atoms with Crippen LogP contribution in [0.3, 0.4) is 0 Å². The molecule has 0 fully saturated rings. The monoisotopic (exact) mass is 292 g/mol. The number of amides is 2. The van der Waals surface area contributed by atoms with Crippen LogP contribution in [0.25, 0.3) is 0 Å². The highest BCUT2D eigenvalue weighted by Crippen LogP contribution is 2.16. The number of urea groups is 1. The Morgan fingerprint density at radius 2 is 2.14 bits per heavy atom. The van der Waals surface area contributed by atoms with Crippen LogP contribution in [0.2, 0.25) is 0 Å². The first-order chi connectivity index (χ1) is 9.95. The second kappa shape index (κ2) is 6.96. The molecule has 0 spiro atoms. The van der Waals surface area contributed by atoms with E-state index in [1.54, 1.807) is 0 Å². The molecule has 2 N–H and O–H groups in total. The molecular formula is C16H28N4O. The minimum atomic E-state index is 0.0463. The van der Waals surface area contributed by atoms with Gasteiger partial charge in [-0.2, -0.15) is 0 Å². The molecule has 0 aliphatic carbocycles. The van der Waals surface area contributed by atoms with Gasteiger partial charge in [-0.25, -0.2) is 9.78 Å². The zero-order chi connectivity index (χ0) is 15.4. The number of H-pyrrole nitrogens is 1. The van der Waals surface area contributed by atoms with Crippen LogP contribution in [0, 0.1) is 12.8 Å². The molecular weight excluding hydrogens is 264 g/mol. The fraction of sp³-hybridized carbons (Fsp3) is 0.750. The summed E-state index contributed by atoms with van der Waals surface area (Å²) in [6.45, 7) is 9.91. The van der Waals surface area contributed by atoms with E-state index in [1.165, 1.54) is 12.8 Å². The van der Waals surface area contributed by atoms with Gasteiger partial charge in [-0.05, 0) is 26.2 Å². The number of nitrogens with zero attached hydrogens (tertiary/aromatic N) is 2. The number of imidazole rings is 1. The summed E-state index contributed by atoms with van der Waals surface area (Å²) < 4.78 is 0. The highest BCUT2D eigenvalue weighted by atomic mass is 16.2. The molecule has 2 amide bonds. The predicted octanol–water partition coefficient (Wildman–Crippen LogP) is 3.00. The second-order valence-corrected chi connectivity index (χ2v) is 6.59. The molecule has 0 radical (unpaired) electrons. The normalized spacial score (nSPS) is 16.0. The molecule has 0 saturated heterocycles. The summed E-state index contributed by atoms with van der Waals surface area (Å²) in [6, 6.07) is 0.283. The average molecular weight is 292 g/mol. The summed E-state index contributed by atoms with van der Waals surface area (Å²) in [5.41, 5.74) is 2.20. The van der Waals surface area contributed by atoms with Gasteiger partial charge in [0, 0.05) is 19.0 Å². The molecule has 5 heteroatoms. The highest BCUT2D eigenvalue weighted by molar-refractivity contribution is 5.74. The Hall–Kier alpha value is -1.52. The van der Waals surface area contributed by atoms with E-state index in [0.29, 0.717) is 6.54 Å². The molecule has 1 atom stereocenters. The van der Waals surface area contributed by atoms with Gasteiger partial charge in [0.05, 0.1) is 17.9 Å². The lowest BCUT2D eigenvalue weighted by molar-refractivity contribution is 0.187. The van der Waals surface area contributed by atoms with Gasteiger partial charge in [-0.1, -0.05) is 26.7 Å². The van der Waals surface area contributed by atoms with E-state index in [1.807, 2.05) is 11.8 Å². The summed E-state index contributed by atoms with van der Waals surface area (Å²) in [4.78, 5) is 21.9. The molecule has 1 aromatic heterocycles. The largest absolute Gasteiger partial charge is 0.344 e. The zero-order valence-electron chi connectivity index (χ0n) is 13.7. The smallest absolute Gasteiger partial charge is 0.317 e. The Labute approximate surface area is 127 Å². The van der Waals surface area contributed by atoms with E-state index in [9.17, 15) is 4.79 Å². The van der Waals surface area contributed by atoms with Gasteiger partial charge in [-0.3, -0.25) is 0 Å². The molecule has 1 aliphatic rings. The van der Waals surface area contributed by atoms with Crippen molar-refractivity contribution in [2.45, 2.75) is 66.0 Å². The van der Waals surface area contributed by atoms with Gasteiger partial charge in [0.2, 0.25) is 0 Å². The fourth-order valence-electron chi connectivity index (χ4n) is 2.82. The third-order valence-corrected chi connectivity index (χ3v) is 4.03. The minimum absolute atomic E-state index is 0.0463. The lowest BCUT2D eigenvalue weighted by Crippen LogP contribution is -2.45. The standard InChI is InChI=1S/C16H28N4O/c1-11(2)6-5-7-12(3)17-16(21)20-9-8-14-15(10-20)19-13(4)18-14/h11-12H,5-10H2,1-4H3,(H,17,21)(H,18,19)/t12-/m0/s1. The first-order valence-electron chi connectivity index (χ1n) is 8.05. The van der Waals surface area contributed by atoms with Crippen molar-refractivity contribution in [2.24, 2.45) is 5.92 Å². The van der Waals surface area contributed by atoms with Gasteiger partial charge < -0.3 is 15.2 Å². The zero-order valence-corrected chi connectivity index (χ0v) is 13.7. The molecule has 0 aromatic carbocycles. The van der Waals surface area contributed by atoms with Gasteiger partial charge >= 0.3 is 6.03 Å². The predicted molar refractivity (Wildman–Crippen MR) is 84.1 cm³/mol. The van der Waals surface area contributed by atoms with Crippen LogP contribution in [0.1, 0.15) is 57.2 Å². The van der Waals surface area contributed by atoms with E-state index in [0.717, 1.165) is 42.5 Å². The van der Waals surface area contributed by atoms with E-state index in [-0.39, 0.29) is 12.1 Å². The lowest BCUT2D eigenvalue weighted by atomic mass is 10.0. The number of aromatic nitrogens is 2. The quantitative estimate of drug-likeness (QED) is 0.876. The van der Waals surface area contributed by atoms with Gasteiger partial charge in [0.1, 0.15) is 5.82 Å². The van der Waals surface area contributed by atoms with Crippen LogP contribution in [0.4, 0.5) is 4.79 Å². The van der Waals surface area contributed by atoms with Crippen LogP contribution < -0.4 is 5.32 Å². The number of carbonyl (C=O) groups excluding carboxylic acids is 1. The van der Waals surface area contributed by atoms with Crippen molar-refractivity contribution in [2.75, 3.05) is 6.54 Å². The van der Waals surface area contributed by atoms with Crippen molar-refractivity contribution >= 4 is 6.03 Å². The summed E-state index contributed by atoms with van der Waals surface area (Å²) in [5.74, 6) is 1.67. The van der Waals surface area contributed by atoms with Crippen molar-refractivity contribution in [3.8, 4) is 0 Å². The Balaban J connectivity index is 1.79. The Bertz CT molecular complexity index is 481.